The molecule has 1 rings (SSSR count). The number of Topliss-reactive ketones (excluding diaryl/α,β-unsaturated/α-hetero) is 1. The van der Waals surface area contributed by atoms with Gasteiger partial charge in [0.05, 0.1) is 0 Å². The van der Waals surface area contributed by atoms with Gasteiger partial charge in [-0.15, -0.1) is 0 Å². The van der Waals surface area contributed by atoms with Crippen LogP contribution in [0.4, 0.5) is 0 Å². The van der Waals surface area contributed by atoms with Crippen LogP contribution in [0.5, 0.6) is 0 Å². The number of methoxy groups -OCH3 is 2. The van der Waals surface area contributed by atoms with Crippen molar-refractivity contribution in [3.05, 3.63) is 35.9 Å². The Hall–Kier alpha value is -1.52. The minimum atomic E-state index is -1.83. The van der Waals surface area contributed by atoms with Gasteiger partial charge in [0.25, 0.3) is 5.79 Å². The Balaban J connectivity index is 3.07. The SMILES string of the molecule is COC(C=O)(OC)C(=O)c1ccccc1. The summed E-state index contributed by atoms with van der Waals surface area (Å²) in [5.74, 6) is -2.34. The largest absolute Gasteiger partial charge is 0.341 e. The summed E-state index contributed by atoms with van der Waals surface area (Å²) >= 11 is 0. The Kier molecular flexibility index (Phi) is 3.71. The van der Waals surface area contributed by atoms with Crippen LogP contribution in [-0.2, 0) is 14.3 Å². The molecule has 0 aliphatic carbocycles. The maximum atomic E-state index is 11.9. The van der Waals surface area contributed by atoms with E-state index in [4.69, 9.17) is 9.47 Å². The van der Waals surface area contributed by atoms with Crippen LogP contribution >= 0.6 is 0 Å². The second-order valence-corrected chi connectivity index (χ2v) is 2.89. The third-order valence-corrected chi connectivity index (χ3v) is 2.11. The van der Waals surface area contributed by atoms with E-state index in [-0.39, 0.29) is 0 Å². The predicted octanol–water partition coefficient (Wildman–Crippen LogP) is 1.06. The van der Waals surface area contributed by atoms with Crippen LogP contribution in [0.3, 0.4) is 0 Å². The van der Waals surface area contributed by atoms with Gasteiger partial charge in [0.2, 0.25) is 5.78 Å². The highest BCUT2D eigenvalue weighted by atomic mass is 16.7. The molecule has 15 heavy (non-hydrogen) atoms. The van der Waals surface area contributed by atoms with Gasteiger partial charge in [0.1, 0.15) is 0 Å². The van der Waals surface area contributed by atoms with Crippen molar-refractivity contribution in [2.45, 2.75) is 5.79 Å². The number of rotatable bonds is 5. The number of hydrogen-bond acceptors (Lipinski definition) is 4. The lowest BCUT2D eigenvalue weighted by atomic mass is 10.0. The molecule has 0 aromatic heterocycles. The Bertz CT molecular complexity index is 341. The molecule has 0 bridgehead atoms. The average Bonchev–Trinajstić information content (AvgIpc) is 2.33. The number of benzene rings is 1. The molecule has 0 amide bonds. The van der Waals surface area contributed by atoms with Crippen LogP contribution in [0.25, 0.3) is 0 Å². The number of ketones is 1. The van der Waals surface area contributed by atoms with E-state index in [1.54, 1.807) is 30.3 Å². The first kappa shape index (κ1) is 11.6. The number of hydrogen-bond donors (Lipinski definition) is 0. The maximum absolute atomic E-state index is 11.9. The maximum Gasteiger partial charge on any atom is 0.291 e. The highest BCUT2D eigenvalue weighted by Gasteiger charge is 2.39. The van der Waals surface area contributed by atoms with Gasteiger partial charge in [0.15, 0.2) is 6.29 Å². The number of carbonyl (C=O) groups excluding carboxylic acids is 2. The molecule has 0 N–H and O–H groups in total. The lowest BCUT2D eigenvalue weighted by Gasteiger charge is -2.22. The van der Waals surface area contributed by atoms with Gasteiger partial charge in [-0.2, -0.15) is 0 Å². The molecular weight excluding hydrogens is 196 g/mol. The van der Waals surface area contributed by atoms with E-state index in [2.05, 4.69) is 0 Å². The molecule has 0 atom stereocenters. The molecule has 0 saturated carbocycles. The molecule has 0 heterocycles. The topological polar surface area (TPSA) is 52.6 Å². The fourth-order valence-electron chi connectivity index (χ4n) is 1.21. The first-order chi connectivity index (χ1) is 7.20. The molecule has 0 aliphatic heterocycles. The minimum absolute atomic E-state index is 0.350. The van der Waals surface area contributed by atoms with Gasteiger partial charge < -0.3 is 9.47 Å². The van der Waals surface area contributed by atoms with E-state index in [9.17, 15) is 9.59 Å². The van der Waals surface area contributed by atoms with Crippen molar-refractivity contribution in [1.29, 1.82) is 0 Å². The normalized spacial score (nSPS) is 11.1. The lowest BCUT2D eigenvalue weighted by Crippen LogP contribution is -2.44. The van der Waals surface area contributed by atoms with E-state index < -0.39 is 11.6 Å². The molecule has 0 saturated heterocycles. The van der Waals surface area contributed by atoms with Gasteiger partial charge >= 0.3 is 0 Å². The molecule has 0 fully saturated rings. The van der Waals surface area contributed by atoms with Crippen molar-refractivity contribution in [3.63, 3.8) is 0 Å². The second-order valence-electron chi connectivity index (χ2n) is 2.89. The van der Waals surface area contributed by atoms with E-state index in [0.29, 0.717) is 11.8 Å². The molecule has 1 aromatic carbocycles. The number of carbonyl (C=O) groups is 2. The Labute approximate surface area is 87.8 Å². The first-order valence-electron chi connectivity index (χ1n) is 4.36. The minimum Gasteiger partial charge on any atom is -0.341 e. The molecule has 0 radical (unpaired) electrons. The van der Waals surface area contributed by atoms with Gasteiger partial charge in [-0.05, 0) is 0 Å². The third-order valence-electron chi connectivity index (χ3n) is 2.11. The second kappa shape index (κ2) is 4.82. The zero-order valence-corrected chi connectivity index (χ0v) is 8.60. The quantitative estimate of drug-likeness (QED) is 0.314. The molecule has 0 unspecified atom stereocenters. The summed E-state index contributed by atoms with van der Waals surface area (Å²) in [4.78, 5) is 22.7. The molecule has 0 aliphatic rings. The van der Waals surface area contributed by atoms with Crippen LogP contribution in [0, 0.1) is 0 Å². The van der Waals surface area contributed by atoms with Crippen LogP contribution in [0.2, 0.25) is 0 Å². The van der Waals surface area contributed by atoms with Gasteiger partial charge in [-0.25, -0.2) is 0 Å². The fourth-order valence-corrected chi connectivity index (χ4v) is 1.21. The highest BCUT2D eigenvalue weighted by molar-refractivity contribution is 6.10. The average molecular weight is 208 g/mol. The summed E-state index contributed by atoms with van der Waals surface area (Å²) in [5, 5.41) is 0. The lowest BCUT2D eigenvalue weighted by molar-refractivity contribution is -0.172. The summed E-state index contributed by atoms with van der Waals surface area (Å²) in [6.45, 7) is 0. The molecule has 1 aromatic rings. The van der Waals surface area contributed by atoms with Crippen molar-refractivity contribution >= 4 is 12.1 Å². The summed E-state index contributed by atoms with van der Waals surface area (Å²) < 4.78 is 9.63. The smallest absolute Gasteiger partial charge is 0.291 e. The Morgan fingerprint density at radius 1 is 1.20 bits per heavy atom. The highest BCUT2D eigenvalue weighted by Crippen LogP contribution is 2.15. The van der Waals surface area contributed by atoms with E-state index in [1.807, 2.05) is 0 Å². The standard InChI is InChI=1S/C11H12O4/c1-14-11(8-12,15-2)10(13)9-6-4-3-5-7-9/h3-8H,1-2H3. The van der Waals surface area contributed by atoms with Crippen molar-refractivity contribution < 1.29 is 19.1 Å². The molecule has 4 nitrogen and oxygen atoms in total. The Morgan fingerprint density at radius 3 is 2.13 bits per heavy atom. The number of ether oxygens (including phenoxy) is 2. The first-order valence-corrected chi connectivity index (χ1v) is 4.36. The van der Waals surface area contributed by atoms with Crippen molar-refractivity contribution in [2.75, 3.05) is 14.2 Å². The van der Waals surface area contributed by atoms with E-state index >= 15 is 0 Å². The van der Waals surface area contributed by atoms with Crippen LogP contribution in [-0.4, -0.2) is 32.1 Å². The van der Waals surface area contributed by atoms with Crippen molar-refractivity contribution in [2.24, 2.45) is 0 Å². The van der Waals surface area contributed by atoms with Crippen LogP contribution in [0.1, 0.15) is 10.4 Å². The zero-order valence-electron chi connectivity index (χ0n) is 8.60. The summed E-state index contributed by atoms with van der Waals surface area (Å²) in [5.41, 5.74) is 0.369. The molecular formula is C11H12O4. The van der Waals surface area contributed by atoms with Crippen LogP contribution in [0.15, 0.2) is 30.3 Å². The van der Waals surface area contributed by atoms with Gasteiger partial charge in [-0.1, -0.05) is 30.3 Å². The van der Waals surface area contributed by atoms with E-state index in [1.165, 1.54) is 14.2 Å². The summed E-state index contributed by atoms with van der Waals surface area (Å²) in [6.07, 6.45) is 0.350. The van der Waals surface area contributed by atoms with E-state index in [0.717, 1.165) is 0 Å². The summed E-state index contributed by atoms with van der Waals surface area (Å²) in [6, 6.07) is 8.37. The van der Waals surface area contributed by atoms with Gasteiger partial charge in [-0.3, -0.25) is 9.59 Å². The zero-order chi connectivity index (χ0) is 11.3. The van der Waals surface area contributed by atoms with Crippen molar-refractivity contribution in [1.82, 2.24) is 0 Å². The monoisotopic (exact) mass is 208 g/mol. The third kappa shape index (κ3) is 2.11. The van der Waals surface area contributed by atoms with Crippen molar-refractivity contribution in [3.8, 4) is 0 Å². The number of aldehydes is 1. The van der Waals surface area contributed by atoms with Crippen LogP contribution < -0.4 is 0 Å². The summed E-state index contributed by atoms with van der Waals surface area (Å²) in [7, 11) is 2.50. The molecule has 0 spiro atoms. The fraction of sp³-hybridized carbons (Fsp3) is 0.273. The molecule has 80 valence electrons. The predicted molar refractivity (Wildman–Crippen MR) is 53.6 cm³/mol. The van der Waals surface area contributed by atoms with Gasteiger partial charge in [0, 0.05) is 19.8 Å². The Morgan fingerprint density at radius 2 is 1.73 bits per heavy atom. The molecule has 4 heteroatoms.